The van der Waals surface area contributed by atoms with E-state index in [0.29, 0.717) is 30.1 Å². The zero-order valence-corrected chi connectivity index (χ0v) is 18.4. The maximum atomic E-state index is 12.4. The molecule has 1 aliphatic heterocycles. The number of carbonyl (C=O) groups is 1. The number of amides is 1. The van der Waals surface area contributed by atoms with Crippen LogP contribution in [0.15, 0.2) is 42.6 Å². The normalized spacial score (nSPS) is 15.1. The van der Waals surface area contributed by atoms with Crippen molar-refractivity contribution >= 4 is 28.2 Å². The average Bonchev–Trinajstić information content (AvgIpc) is 3.22. The number of carbonyl (C=O) groups excluding carboxylic acids is 1. The van der Waals surface area contributed by atoms with E-state index in [-0.39, 0.29) is 11.6 Å². The summed E-state index contributed by atoms with van der Waals surface area (Å²) < 4.78 is 5.38. The van der Waals surface area contributed by atoms with Gasteiger partial charge in [0.2, 0.25) is 5.91 Å². The summed E-state index contributed by atoms with van der Waals surface area (Å²) in [6, 6.07) is 10.8. The molecule has 1 aromatic heterocycles. The summed E-state index contributed by atoms with van der Waals surface area (Å²) in [5.74, 6) is 1.22. The van der Waals surface area contributed by atoms with Gasteiger partial charge in [0.15, 0.2) is 0 Å². The molecule has 0 aliphatic carbocycles. The third kappa shape index (κ3) is 4.60. The Hall–Kier alpha value is -3.39. The maximum absolute atomic E-state index is 12.4. The highest BCUT2D eigenvalue weighted by Gasteiger charge is 2.23. The predicted octanol–water partition coefficient (Wildman–Crippen LogP) is 4.60. The number of hydrogen-bond donors (Lipinski definition) is 2. The van der Waals surface area contributed by atoms with Crippen molar-refractivity contribution in [2.24, 2.45) is 0 Å². The number of nitrogens with one attached hydrogen (secondary N) is 2. The van der Waals surface area contributed by atoms with Gasteiger partial charge in [-0.25, -0.2) is 0 Å². The molecule has 0 atom stereocenters. The number of piperidine rings is 1. The van der Waals surface area contributed by atoms with Gasteiger partial charge >= 0.3 is 0 Å². The van der Waals surface area contributed by atoms with Crippen molar-refractivity contribution < 1.29 is 14.5 Å². The second-order valence-electron chi connectivity index (χ2n) is 8.28. The first kappa shape index (κ1) is 21.8. The molecule has 0 spiro atoms. The lowest BCUT2D eigenvalue weighted by Gasteiger charge is -2.31. The molecule has 0 bridgehead atoms. The topological polar surface area (TPSA) is 100 Å². The van der Waals surface area contributed by atoms with E-state index in [1.807, 2.05) is 6.07 Å². The van der Waals surface area contributed by atoms with Gasteiger partial charge in [-0.1, -0.05) is 6.07 Å². The Labute approximate surface area is 186 Å². The highest BCUT2D eigenvalue weighted by molar-refractivity contribution is 5.92. The maximum Gasteiger partial charge on any atom is 0.274 e. The number of hydrogen-bond acceptors (Lipinski definition) is 5. The average molecular weight is 437 g/mol. The number of ether oxygens (including phenoxy) is 1. The van der Waals surface area contributed by atoms with Crippen LogP contribution in [0, 0.1) is 17.0 Å². The van der Waals surface area contributed by atoms with Crippen LogP contribution in [-0.2, 0) is 4.79 Å². The number of aromatic nitrogens is 1. The molecule has 1 aliphatic rings. The SMILES string of the molecule is COc1ccc2[nH]cc(C3CCN(CCC(=O)Nc4cccc([N+](=O)[O-])c4C)CC3)c2c1. The van der Waals surface area contributed by atoms with E-state index in [0.717, 1.165) is 37.2 Å². The molecule has 1 saturated heterocycles. The molecule has 1 fully saturated rings. The van der Waals surface area contributed by atoms with Gasteiger partial charge in [-0.15, -0.1) is 0 Å². The Morgan fingerprint density at radius 3 is 2.78 bits per heavy atom. The minimum atomic E-state index is -0.432. The van der Waals surface area contributed by atoms with Crippen LogP contribution in [-0.4, -0.2) is 47.5 Å². The zero-order chi connectivity index (χ0) is 22.7. The lowest BCUT2D eigenvalue weighted by Crippen LogP contribution is -2.35. The Kier molecular flexibility index (Phi) is 6.41. The highest BCUT2D eigenvalue weighted by atomic mass is 16.6. The zero-order valence-electron chi connectivity index (χ0n) is 18.4. The Balaban J connectivity index is 1.30. The van der Waals surface area contributed by atoms with Crippen molar-refractivity contribution in [3.8, 4) is 5.75 Å². The number of aromatic amines is 1. The lowest BCUT2D eigenvalue weighted by molar-refractivity contribution is -0.385. The van der Waals surface area contributed by atoms with Crippen LogP contribution in [0.5, 0.6) is 5.75 Å². The van der Waals surface area contributed by atoms with Crippen molar-refractivity contribution in [1.29, 1.82) is 0 Å². The number of nitro benzene ring substituents is 1. The molecule has 32 heavy (non-hydrogen) atoms. The Bertz CT molecular complexity index is 1130. The monoisotopic (exact) mass is 436 g/mol. The molecule has 8 heteroatoms. The Morgan fingerprint density at radius 2 is 2.06 bits per heavy atom. The fraction of sp³-hybridized carbons (Fsp3) is 0.375. The van der Waals surface area contributed by atoms with Crippen LogP contribution in [0.25, 0.3) is 10.9 Å². The molecule has 0 unspecified atom stereocenters. The summed E-state index contributed by atoms with van der Waals surface area (Å²) in [5.41, 5.74) is 3.44. The Morgan fingerprint density at radius 1 is 1.28 bits per heavy atom. The molecule has 1 amide bonds. The molecule has 2 N–H and O–H groups in total. The standard InChI is InChI=1S/C24H28N4O4/c1-16-21(4-3-5-23(16)28(30)31)26-24(29)10-13-27-11-8-17(9-12-27)20-15-25-22-7-6-18(32-2)14-19(20)22/h3-7,14-15,17,25H,8-13H2,1-2H3,(H,26,29). The third-order valence-electron chi connectivity index (χ3n) is 6.38. The molecule has 0 saturated carbocycles. The fourth-order valence-electron chi connectivity index (χ4n) is 4.48. The van der Waals surface area contributed by atoms with Gasteiger partial charge in [-0.3, -0.25) is 14.9 Å². The van der Waals surface area contributed by atoms with E-state index < -0.39 is 4.92 Å². The van der Waals surface area contributed by atoms with Crippen LogP contribution in [0.4, 0.5) is 11.4 Å². The first-order valence-corrected chi connectivity index (χ1v) is 10.9. The summed E-state index contributed by atoms with van der Waals surface area (Å²) in [6.07, 6.45) is 4.54. The van der Waals surface area contributed by atoms with Crippen molar-refractivity contribution in [2.75, 3.05) is 32.1 Å². The van der Waals surface area contributed by atoms with Crippen molar-refractivity contribution in [2.45, 2.75) is 32.1 Å². The molecular formula is C24H28N4O4. The van der Waals surface area contributed by atoms with Crippen LogP contribution in [0.3, 0.4) is 0 Å². The van der Waals surface area contributed by atoms with Crippen molar-refractivity contribution in [3.05, 3.63) is 63.8 Å². The summed E-state index contributed by atoms with van der Waals surface area (Å²) in [6.45, 7) is 4.20. The van der Waals surface area contributed by atoms with E-state index in [1.165, 1.54) is 17.0 Å². The summed E-state index contributed by atoms with van der Waals surface area (Å²) in [7, 11) is 1.68. The fourth-order valence-corrected chi connectivity index (χ4v) is 4.48. The lowest BCUT2D eigenvalue weighted by atomic mass is 9.89. The minimum Gasteiger partial charge on any atom is -0.497 e. The quantitative estimate of drug-likeness (QED) is 0.416. The predicted molar refractivity (Wildman–Crippen MR) is 124 cm³/mol. The summed E-state index contributed by atoms with van der Waals surface area (Å²) in [4.78, 5) is 28.8. The van der Waals surface area contributed by atoms with Crippen molar-refractivity contribution in [1.82, 2.24) is 9.88 Å². The van der Waals surface area contributed by atoms with Crippen LogP contribution < -0.4 is 10.1 Å². The van der Waals surface area contributed by atoms with Crippen LogP contribution in [0.2, 0.25) is 0 Å². The number of benzene rings is 2. The van der Waals surface area contributed by atoms with Gasteiger partial charge in [0, 0.05) is 36.1 Å². The van der Waals surface area contributed by atoms with E-state index in [1.54, 1.807) is 26.2 Å². The first-order chi connectivity index (χ1) is 15.5. The second kappa shape index (κ2) is 9.40. The second-order valence-corrected chi connectivity index (χ2v) is 8.28. The summed E-state index contributed by atoms with van der Waals surface area (Å²) >= 11 is 0. The van der Waals surface area contributed by atoms with Crippen molar-refractivity contribution in [3.63, 3.8) is 0 Å². The number of likely N-dealkylation sites (tertiary alicyclic amines) is 1. The van der Waals surface area contributed by atoms with E-state index >= 15 is 0 Å². The molecule has 4 rings (SSSR count). The van der Waals surface area contributed by atoms with E-state index in [9.17, 15) is 14.9 Å². The van der Waals surface area contributed by atoms with Gasteiger partial charge in [-0.05, 0) is 68.6 Å². The highest BCUT2D eigenvalue weighted by Crippen LogP contribution is 2.34. The van der Waals surface area contributed by atoms with Gasteiger partial charge < -0.3 is 19.9 Å². The molecule has 8 nitrogen and oxygen atoms in total. The summed E-state index contributed by atoms with van der Waals surface area (Å²) in [5, 5.41) is 15.1. The molecule has 0 radical (unpaired) electrons. The van der Waals surface area contributed by atoms with Gasteiger partial charge in [0.05, 0.1) is 23.3 Å². The minimum absolute atomic E-state index is 0.0137. The number of rotatable bonds is 7. The number of fused-ring (bicyclic) bond motifs is 1. The van der Waals surface area contributed by atoms with E-state index in [4.69, 9.17) is 4.74 Å². The van der Waals surface area contributed by atoms with Crippen LogP contribution >= 0.6 is 0 Å². The molecule has 168 valence electrons. The smallest absolute Gasteiger partial charge is 0.274 e. The number of nitro groups is 1. The number of anilines is 1. The molecular weight excluding hydrogens is 408 g/mol. The van der Waals surface area contributed by atoms with Crippen LogP contribution in [0.1, 0.15) is 36.3 Å². The first-order valence-electron chi connectivity index (χ1n) is 10.9. The van der Waals surface area contributed by atoms with Gasteiger partial charge in [0.1, 0.15) is 5.75 Å². The third-order valence-corrected chi connectivity index (χ3v) is 6.38. The molecule has 2 aromatic carbocycles. The number of methoxy groups -OCH3 is 1. The van der Waals surface area contributed by atoms with Gasteiger partial charge in [-0.2, -0.15) is 0 Å². The van der Waals surface area contributed by atoms with E-state index in [2.05, 4.69) is 33.5 Å². The number of H-pyrrole nitrogens is 1. The van der Waals surface area contributed by atoms with Gasteiger partial charge in [0.25, 0.3) is 5.69 Å². The molecule has 2 heterocycles. The molecule has 3 aromatic rings. The largest absolute Gasteiger partial charge is 0.497 e. The number of nitrogens with zero attached hydrogens (tertiary/aromatic N) is 2.